The molecule has 1 saturated carbocycles. The summed E-state index contributed by atoms with van der Waals surface area (Å²) < 4.78 is 70.2. The minimum Gasteiger partial charge on any atom is -0.375 e. The molecule has 2 aliphatic rings. The fourth-order valence-corrected chi connectivity index (χ4v) is 4.84. The lowest BCUT2D eigenvalue weighted by Crippen LogP contribution is -2.54. The number of hydrogen-bond acceptors (Lipinski definition) is 3. The van der Waals surface area contributed by atoms with Crippen LogP contribution in [0.4, 0.5) is 13.2 Å². The summed E-state index contributed by atoms with van der Waals surface area (Å²) in [7, 11) is -3.95. The molecule has 1 N–H and O–H groups in total. The van der Waals surface area contributed by atoms with Crippen LogP contribution >= 0.6 is 0 Å². The predicted octanol–water partition coefficient (Wildman–Crippen LogP) is 2.37. The van der Waals surface area contributed by atoms with Gasteiger partial charge in [-0.15, -0.1) is 0 Å². The maximum absolute atomic E-state index is 12.7. The second-order valence-corrected chi connectivity index (χ2v) is 7.51. The Morgan fingerprint density at radius 3 is 2.68 bits per heavy atom. The van der Waals surface area contributed by atoms with Crippen LogP contribution in [0.15, 0.2) is 17.2 Å². The monoisotopic (exact) mass is 338 g/mol. The highest BCUT2D eigenvalue weighted by molar-refractivity contribution is 7.89. The Morgan fingerprint density at radius 1 is 1.27 bits per heavy atom. The van der Waals surface area contributed by atoms with Crippen LogP contribution in [-0.2, 0) is 20.9 Å². The van der Waals surface area contributed by atoms with E-state index >= 15 is 0 Å². The molecule has 0 spiro atoms. The Kier molecular flexibility index (Phi) is 3.98. The Hall–Kier alpha value is -1.06. The first kappa shape index (κ1) is 15.8. The van der Waals surface area contributed by atoms with E-state index in [-0.39, 0.29) is 30.2 Å². The van der Waals surface area contributed by atoms with Crippen molar-refractivity contribution in [2.75, 3.05) is 13.2 Å². The fourth-order valence-electron chi connectivity index (χ4n) is 3.18. The van der Waals surface area contributed by atoms with Crippen molar-refractivity contribution in [1.82, 2.24) is 9.29 Å². The van der Waals surface area contributed by atoms with E-state index in [0.29, 0.717) is 12.5 Å². The Balaban J connectivity index is 1.90. The molecule has 22 heavy (non-hydrogen) atoms. The van der Waals surface area contributed by atoms with Crippen LogP contribution in [0.1, 0.15) is 31.4 Å². The number of hydrogen-bond donors (Lipinski definition) is 1. The van der Waals surface area contributed by atoms with Crippen LogP contribution in [0.25, 0.3) is 0 Å². The van der Waals surface area contributed by atoms with E-state index in [1.165, 1.54) is 4.31 Å². The van der Waals surface area contributed by atoms with E-state index < -0.39 is 21.9 Å². The number of sulfonamides is 1. The predicted molar refractivity (Wildman–Crippen MR) is 71.7 cm³/mol. The molecule has 1 aromatic heterocycles. The van der Waals surface area contributed by atoms with Gasteiger partial charge in [-0.2, -0.15) is 17.5 Å². The van der Waals surface area contributed by atoms with Gasteiger partial charge in [0.2, 0.25) is 10.0 Å². The lowest BCUT2D eigenvalue weighted by atomic mass is 9.91. The zero-order chi connectivity index (χ0) is 16.0. The summed E-state index contributed by atoms with van der Waals surface area (Å²) >= 11 is 0. The molecule has 124 valence electrons. The molecular weight excluding hydrogens is 321 g/mol. The van der Waals surface area contributed by atoms with E-state index in [1.807, 2.05) is 4.98 Å². The number of rotatable bonds is 2. The van der Waals surface area contributed by atoms with Gasteiger partial charge >= 0.3 is 6.18 Å². The molecule has 5 nitrogen and oxygen atoms in total. The van der Waals surface area contributed by atoms with Crippen LogP contribution < -0.4 is 0 Å². The smallest absolute Gasteiger partial charge is 0.375 e. The summed E-state index contributed by atoms with van der Waals surface area (Å²) in [5.74, 6) is 0. The zero-order valence-electron chi connectivity index (χ0n) is 11.8. The quantitative estimate of drug-likeness (QED) is 0.900. The van der Waals surface area contributed by atoms with Crippen molar-refractivity contribution in [3.8, 4) is 0 Å². The van der Waals surface area contributed by atoms with Crippen molar-refractivity contribution in [2.24, 2.45) is 0 Å². The minimum atomic E-state index is -4.59. The molecule has 9 heteroatoms. The van der Waals surface area contributed by atoms with Crippen LogP contribution in [0, 0.1) is 0 Å². The van der Waals surface area contributed by atoms with Gasteiger partial charge < -0.3 is 9.72 Å². The molecule has 2 fully saturated rings. The molecule has 2 heterocycles. The molecule has 1 saturated heterocycles. The van der Waals surface area contributed by atoms with E-state index in [2.05, 4.69) is 0 Å². The summed E-state index contributed by atoms with van der Waals surface area (Å²) in [6, 6.07) is 0.375. The van der Waals surface area contributed by atoms with Gasteiger partial charge in [-0.25, -0.2) is 8.42 Å². The van der Waals surface area contributed by atoms with Crippen LogP contribution in [0.5, 0.6) is 0 Å². The lowest BCUT2D eigenvalue weighted by Gasteiger charge is -2.42. The number of alkyl halides is 3. The van der Waals surface area contributed by atoms with Crippen LogP contribution in [0.3, 0.4) is 0 Å². The first-order chi connectivity index (χ1) is 10.3. The molecule has 1 aromatic rings. The van der Waals surface area contributed by atoms with Gasteiger partial charge in [0.1, 0.15) is 10.6 Å². The Labute approximate surface area is 126 Å². The number of fused-ring (bicyclic) bond motifs is 1. The summed E-state index contributed by atoms with van der Waals surface area (Å²) in [4.78, 5) is 1.66. The molecule has 0 radical (unpaired) electrons. The average molecular weight is 338 g/mol. The van der Waals surface area contributed by atoms with Gasteiger partial charge in [0, 0.05) is 12.7 Å². The van der Waals surface area contributed by atoms with Crippen molar-refractivity contribution in [2.45, 2.75) is 48.9 Å². The molecule has 1 aliphatic carbocycles. The number of morpholine rings is 1. The first-order valence-corrected chi connectivity index (χ1v) is 8.63. The third kappa shape index (κ3) is 2.77. The Bertz CT molecular complexity index is 639. The molecule has 0 amide bonds. The molecular formula is C13H17F3N2O3S. The van der Waals surface area contributed by atoms with Crippen molar-refractivity contribution in [3.05, 3.63) is 18.0 Å². The molecule has 2 atom stereocenters. The molecule has 1 aliphatic heterocycles. The minimum absolute atomic E-state index is 0.154. The van der Waals surface area contributed by atoms with Gasteiger partial charge in [0.15, 0.2) is 0 Å². The number of aromatic amines is 1. The zero-order valence-corrected chi connectivity index (χ0v) is 12.6. The van der Waals surface area contributed by atoms with Gasteiger partial charge in [0.05, 0.1) is 18.8 Å². The second kappa shape index (κ2) is 5.54. The number of halogens is 3. The first-order valence-electron chi connectivity index (χ1n) is 7.19. The standard InChI is InChI=1S/C13H17F3N2O3S/c14-13(15,16)12-7-9(8-17-12)22(19,20)18-5-6-21-11-4-2-1-3-10(11)18/h7-8,10-11,17H,1-6H2. The highest BCUT2D eigenvalue weighted by atomic mass is 32.2. The number of ether oxygens (including phenoxy) is 1. The summed E-state index contributed by atoms with van der Waals surface area (Å²) in [5.41, 5.74) is -1.06. The van der Waals surface area contributed by atoms with E-state index in [0.717, 1.165) is 25.5 Å². The second-order valence-electron chi connectivity index (χ2n) is 5.62. The number of nitrogens with zero attached hydrogens (tertiary/aromatic N) is 1. The lowest BCUT2D eigenvalue weighted by molar-refractivity contribution is -0.140. The molecule has 2 unspecified atom stereocenters. The van der Waals surface area contributed by atoms with Crippen molar-refractivity contribution in [1.29, 1.82) is 0 Å². The van der Waals surface area contributed by atoms with Crippen molar-refractivity contribution in [3.63, 3.8) is 0 Å². The third-order valence-corrected chi connectivity index (χ3v) is 6.15. The summed E-state index contributed by atoms with van der Waals surface area (Å²) in [5, 5.41) is 0. The van der Waals surface area contributed by atoms with Crippen LogP contribution in [0.2, 0.25) is 0 Å². The SMILES string of the molecule is O=S(=O)(c1c[nH]c(C(F)(F)F)c1)N1CCOC2CCCCC21. The van der Waals surface area contributed by atoms with Gasteiger partial charge in [-0.1, -0.05) is 12.8 Å². The maximum atomic E-state index is 12.7. The Morgan fingerprint density at radius 2 is 2.00 bits per heavy atom. The fraction of sp³-hybridized carbons (Fsp3) is 0.692. The maximum Gasteiger partial charge on any atom is 0.431 e. The summed E-state index contributed by atoms with van der Waals surface area (Å²) in [6.07, 6.45) is -0.483. The normalized spacial score (nSPS) is 27.6. The van der Waals surface area contributed by atoms with Gasteiger partial charge in [-0.3, -0.25) is 0 Å². The van der Waals surface area contributed by atoms with Crippen molar-refractivity contribution < 1.29 is 26.3 Å². The van der Waals surface area contributed by atoms with Gasteiger partial charge in [0.25, 0.3) is 0 Å². The van der Waals surface area contributed by atoms with E-state index in [4.69, 9.17) is 4.74 Å². The third-order valence-electron chi connectivity index (χ3n) is 4.25. The van der Waals surface area contributed by atoms with E-state index in [1.54, 1.807) is 0 Å². The van der Waals surface area contributed by atoms with Gasteiger partial charge in [-0.05, 0) is 18.9 Å². The summed E-state index contributed by atoms with van der Waals surface area (Å²) in [6.45, 7) is 0.451. The highest BCUT2D eigenvalue weighted by Gasteiger charge is 2.42. The largest absolute Gasteiger partial charge is 0.431 e. The highest BCUT2D eigenvalue weighted by Crippen LogP contribution is 2.34. The molecule has 0 bridgehead atoms. The topological polar surface area (TPSA) is 62.4 Å². The van der Waals surface area contributed by atoms with Crippen molar-refractivity contribution >= 4 is 10.0 Å². The van der Waals surface area contributed by atoms with E-state index in [9.17, 15) is 21.6 Å². The molecule has 0 aromatic carbocycles. The number of H-pyrrole nitrogens is 1. The number of aromatic nitrogens is 1. The number of nitrogens with one attached hydrogen (secondary N) is 1. The van der Waals surface area contributed by atoms with Crippen LogP contribution in [-0.4, -0.2) is 43.0 Å². The average Bonchev–Trinajstić information content (AvgIpc) is 2.97. The molecule has 3 rings (SSSR count).